The first kappa shape index (κ1) is 12.7. The van der Waals surface area contributed by atoms with Gasteiger partial charge < -0.3 is 10.2 Å². The molecule has 1 rings (SSSR count). The van der Waals surface area contributed by atoms with E-state index < -0.39 is 5.60 Å². The van der Waals surface area contributed by atoms with E-state index in [-0.39, 0.29) is 12.0 Å². The van der Waals surface area contributed by atoms with Crippen molar-refractivity contribution in [2.45, 2.75) is 64.1 Å². The number of rotatable bonds is 4. The van der Waals surface area contributed by atoms with E-state index in [9.17, 15) is 10.2 Å². The minimum Gasteiger partial charge on any atom is -0.393 e. The Hall–Kier alpha value is -0.340. The SMILES string of the molecule is CC(O)C(C)/C=C/CC1(O)CCCCC1. The van der Waals surface area contributed by atoms with Gasteiger partial charge in [0.15, 0.2) is 0 Å². The number of hydrogen-bond donors (Lipinski definition) is 2. The average molecular weight is 212 g/mol. The highest BCUT2D eigenvalue weighted by Crippen LogP contribution is 2.31. The zero-order valence-corrected chi connectivity index (χ0v) is 9.95. The van der Waals surface area contributed by atoms with Crippen LogP contribution in [0.2, 0.25) is 0 Å². The van der Waals surface area contributed by atoms with Gasteiger partial charge >= 0.3 is 0 Å². The maximum absolute atomic E-state index is 10.2. The van der Waals surface area contributed by atoms with Crippen LogP contribution in [0.1, 0.15) is 52.4 Å². The Morgan fingerprint density at radius 1 is 1.20 bits per heavy atom. The molecule has 1 aliphatic rings. The summed E-state index contributed by atoms with van der Waals surface area (Å²) in [5.74, 6) is 0.178. The second kappa shape index (κ2) is 5.66. The summed E-state index contributed by atoms with van der Waals surface area (Å²) in [6, 6.07) is 0. The summed E-state index contributed by atoms with van der Waals surface area (Å²) in [4.78, 5) is 0. The predicted molar refractivity (Wildman–Crippen MR) is 62.6 cm³/mol. The van der Waals surface area contributed by atoms with Gasteiger partial charge in [0.05, 0.1) is 11.7 Å². The number of hydrogen-bond acceptors (Lipinski definition) is 2. The Morgan fingerprint density at radius 2 is 1.80 bits per heavy atom. The molecule has 2 atom stereocenters. The van der Waals surface area contributed by atoms with E-state index >= 15 is 0 Å². The van der Waals surface area contributed by atoms with Crippen molar-refractivity contribution in [3.05, 3.63) is 12.2 Å². The van der Waals surface area contributed by atoms with Gasteiger partial charge in [-0.2, -0.15) is 0 Å². The minimum atomic E-state index is -0.465. The second-order valence-corrected chi connectivity index (χ2v) is 5.02. The molecule has 2 nitrogen and oxygen atoms in total. The quantitative estimate of drug-likeness (QED) is 0.703. The highest BCUT2D eigenvalue weighted by Gasteiger charge is 2.27. The molecule has 0 bridgehead atoms. The molecule has 1 fully saturated rings. The Bertz CT molecular complexity index is 203. The molecular formula is C13H24O2. The summed E-state index contributed by atoms with van der Waals surface area (Å²) in [5, 5.41) is 19.5. The van der Waals surface area contributed by atoms with Gasteiger partial charge in [0, 0.05) is 0 Å². The van der Waals surface area contributed by atoms with Crippen molar-refractivity contribution in [3.63, 3.8) is 0 Å². The summed E-state index contributed by atoms with van der Waals surface area (Å²) in [6.45, 7) is 3.79. The first-order chi connectivity index (χ1) is 7.03. The number of aliphatic hydroxyl groups excluding tert-OH is 1. The van der Waals surface area contributed by atoms with Gasteiger partial charge in [0.2, 0.25) is 0 Å². The minimum absolute atomic E-state index is 0.178. The van der Waals surface area contributed by atoms with Gasteiger partial charge in [0.1, 0.15) is 0 Å². The maximum Gasteiger partial charge on any atom is 0.0682 e. The van der Waals surface area contributed by atoms with Crippen LogP contribution in [0.3, 0.4) is 0 Å². The molecule has 0 spiro atoms. The summed E-state index contributed by atoms with van der Waals surface area (Å²) in [5.41, 5.74) is -0.465. The summed E-state index contributed by atoms with van der Waals surface area (Å²) in [6.07, 6.45) is 9.90. The molecule has 0 aliphatic heterocycles. The monoisotopic (exact) mass is 212 g/mol. The number of aliphatic hydroxyl groups is 2. The van der Waals surface area contributed by atoms with E-state index in [1.807, 2.05) is 19.1 Å². The molecule has 0 aromatic heterocycles. The fourth-order valence-electron chi connectivity index (χ4n) is 2.08. The summed E-state index contributed by atoms with van der Waals surface area (Å²) < 4.78 is 0. The van der Waals surface area contributed by atoms with Gasteiger partial charge in [-0.05, 0) is 32.1 Å². The third kappa shape index (κ3) is 4.35. The van der Waals surface area contributed by atoms with E-state index in [2.05, 4.69) is 0 Å². The zero-order valence-electron chi connectivity index (χ0n) is 9.95. The molecule has 2 N–H and O–H groups in total. The van der Waals surface area contributed by atoms with Gasteiger partial charge in [-0.3, -0.25) is 0 Å². The van der Waals surface area contributed by atoms with Gasteiger partial charge in [-0.25, -0.2) is 0 Å². The van der Waals surface area contributed by atoms with Crippen molar-refractivity contribution in [3.8, 4) is 0 Å². The molecule has 0 saturated heterocycles. The molecule has 2 unspecified atom stereocenters. The largest absolute Gasteiger partial charge is 0.393 e. The smallest absolute Gasteiger partial charge is 0.0682 e. The molecular weight excluding hydrogens is 188 g/mol. The van der Waals surface area contributed by atoms with Crippen LogP contribution in [-0.2, 0) is 0 Å². The van der Waals surface area contributed by atoms with E-state index in [1.54, 1.807) is 6.92 Å². The second-order valence-electron chi connectivity index (χ2n) is 5.02. The standard InChI is InChI=1S/C13H24O2/c1-11(12(2)14)7-6-10-13(15)8-4-3-5-9-13/h6-7,11-12,14-15H,3-5,8-10H2,1-2H3/b7-6+. The normalized spacial score (nSPS) is 25.3. The van der Waals surface area contributed by atoms with Crippen molar-refractivity contribution in [1.29, 1.82) is 0 Å². The topological polar surface area (TPSA) is 40.5 Å². The molecule has 88 valence electrons. The highest BCUT2D eigenvalue weighted by atomic mass is 16.3. The lowest BCUT2D eigenvalue weighted by atomic mass is 9.82. The average Bonchev–Trinajstić information content (AvgIpc) is 2.18. The molecule has 0 heterocycles. The third-order valence-electron chi connectivity index (χ3n) is 3.48. The van der Waals surface area contributed by atoms with Gasteiger partial charge in [-0.1, -0.05) is 38.3 Å². The van der Waals surface area contributed by atoms with Crippen LogP contribution >= 0.6 is 0 Å². The Balaban J connectivity index is 2.34. The van der Waals surface area contributed by atoms with E-state index in [0.717, 1.165) is 32.1 Å². The van der Waals surface area contributed by atoms with E-state index in [1.165, 1.54) is 6.42 Å². The first-order valence-corrected chi connectivity index (χ1v) is 6.11. The summed E-state index contributed by atoms with van der Waals surface area (Å²) >= 11 is 0. The summed E-state index contributed by atoms with van der Waals surface area (Å²) in [7, 11) is 0. The fourth-order valence-corrected chi connectivity index (χ4v) is 2.08. The molecule has 2 heteroatoms. The van der Waals surface area contributed by atoms with Gasteiger partial charge in [0.25, 0.3) is 0 Å². The fraction of sp³-hybridized carbons (Fsp3) is 0.846. The van der Waals surface area contributed by atoms with Gasteiger partial charge in [-0.15, -0.1) is 0 Å². The van der Waals surface area contributed by atoms with Crippen molar-refractivity contribution >= 4 is 0 Å². The Labute approximate surface area is 93.0 Å². The molecule has 0 aromatic carbocycles. The van der Waals surface area contributed by atoms with E-state index in [0.29, 0.717) is 0 Å². The van der Waals surface area contributed by atoms with Crippen molar-refractivity contribution in [2.24, 2.45) is 5.92 Å². The lowest BCUT2D eigenvalue weighted by Gasteiger charge is -2.31. The molecule has 1 saturated carbocycles. The van der Waals surface area contributed by atoms with E-state index in [4.69, 9.17) is 0 Å². The lowest BCUT2D eigenvalue weighted by molar-refractivity contribution is 0.00675. The van der Waals surface area contributed by atoms with Crippen LogP contribution in [0.25, 0.3) is 0 Å². The molecule has 0 amide bonds. The van der Waals surface area contributed by atoms with Crippen LogP contribution in [0.4, 0.5) is 0 Å². The molecule has 0 aromatic rings. The van der Waals surface area contributed by atoms with Crippen LogP contribution < -0.4 is 0 Å². The first-order valence-electron chi connectivity index (χ1n) is 6.11. The maximum atomic E-state index is 10.2. The molecule has 1 aliphatic carbocycles. The van der Waals surface area contributed by atoms with Crippen LogP contribution in [0.15, 0.2) is 12.2 Å². The van der Waals surface area contributed by atoms with Crippen molar-refractivity contribution in [2.75, 3.05) is 0 Å². The van der Waals surface area contributed by atoms with Crippen molar-refractivity contribution < 1.29 is 10.2 Å². The van der Waals surface area contributed by atoms with Crippen LogP contribution in [0.5, 0.6) is 0 Å². The predicted octanol–water partition coefficient (Wildman–Crippen LogP) is 2.64. The Kier molecular flexibility index (Phi) is 4.81. The van der Waals surface area contributed by atoms with Crippen LogP contribution in [-0.4, -0.2) is 21.9 Å². The molecule has 15 heavy (non-hydrogen) atoms. The highest BCUT2D eigenvalue weighted by molar-refractivity contribution is 4.95. The zero-order chi connectivity index (χ0) is 11.3. The Morgan fingerprint density at radius 3 is 2.33 bits per heavy atom. The third-order valence-corrected chi connectivity index (χ3v) is 3.48. The lowest BCUT2D eigenvalue weighted by Crippen LogP contribution is -2.30. The van der Waals surface area contributed by atoms with Crippen molar-refractivity contribution in [1.82, 2.24) is 0 Å². The molecule has 0 radical (unpaired) electrons. The van der Waals surface area contributed by atoms with Crippen LogP contribution in [0, 0.1) is 5.92 Å².